The van der Waals surface area contributed by atoms with E-state index in [4.69, 9.17) is 0 Å². The topological polar surface area (TPSA) is 78.9 Å². The summed E-state index contributed by atoms with van der Waals surface area (Å²) in [7, 11) is 0. The number of amides is 1. The first kappa shape index (κ1) is 15.2. The molecule has 0 radical (unpaired) electrons. The Balaban J connectivity index is 2.75. The van der Waals surface area contributed by atoms with Gasteiger partial charge in [-0.05, 0) is 34.6 Å². The number of anilines is 2. The summed E-state index contributed by atoms with van der Waals surface area (Å²) in [5.74, 6) is 2.13. The van der Waals surface area contributed by atoms with Crippen LogP contribution in [0, 0.1) is 13.8 Å². The maximum absolute atomic E-state index is 11.6. The molecule has 0 unspecified atom stereocenters. The molecule has 6 nitrogen and oxygen atoms in total. The lowest BCUT2D eigenvalue weighted by Crippen LogP contribution is -2.35. The molecule has 1 rings (SSSR count). The second-order valence-electron chi connectivity index (χ2n) is 4.70. The molecule has 1 aromatic rings. The van der Waals surface area contributed by atoms with Gasteiger partial charge in [-0.2, -0.15) is 0 Å². The fourth-order valence-corrected chi connectivity index (χ4v) is 1.68. The fourth-order valence-electron chi connectivity index (χ4n) is 1.68. The summed E-state index contributed by atoms with van der Waals surface area (Å²) in [5, 5.41) is 9.07. The van der Waals surface area contributed by atoms with Crippen molar-refractivity contribution >= 4 is 17.5 Å². The Morgan fingerprint density at radius 3 is 2.26 bits per heavy atom. The number of carbonyl (C=O) groups excluding carboxylic acids is 1. The van der Waals surface area contributed by atoms with Crippen LogP contribution < -0.4 is 16.0 Å². The van der Waals surface area contributed by atoms with Crippen molar-refractivity contribution < 1.29 is 4.79 Å². The number of carbonyl (C=O) groups is 1. The second-order valence-corrected chi connectivity index (χ2v) is 4.70. The van der Waals surface area contributed by atoms with Gasteiger partial charge in [0.1, 0.15) is 17.5 Å². The summed E-state index contributed by atoms with van der Waals surface area (Å²) in [6.07, 6.45) is 0. The molecule has 106 valence electrons. The minimum Gasteiger partial charge on any atom is -0.370 e. The number of rotatable bonds is 6. The molecule has 0 aromatic carbocycles. The normalized spacial score (nSPS) is 10.4. The Kier molecular flexibility index (Phi) is 5.54. The zero-order chi connectivity index (χ0) is 14.4. The first-order valence-electron chi connectivity index (χ1n) is 6.56. The summed E-state index contributed by atoms with van der Waals surface area (Å²) in [5.41, 5.74) is 0.921. The van der Waals surface area contributed by atoms with Gasteiger partial charge in [-0.3, -0.25) is 4.79 Å². The lowest BCUT2D eigenvalue weighted by atomic mass is 10.3. The molecule has 6 heteroatoms. The summed E-state index contributed by atoms with van der Waals surface area (Å²) >= 11 is 0. The van der Waals surface area contributed by atoms with Crippen molar-refractivity contribution in [1.82, 2.24) is 15.3 Å². The molecular weight excluding hydrogens is 242 g/mol. The predicted octanol–water partition coefficient (Wildman–Crippen LogP) is 1.46. The zero-order valence-electron chi connectivity index (χ0n) is 12.3. The molecule has 0 spiro atoms. The molecule has 0 saturated carbocycles. The number of nitrogens with one attached hydrogen (secondary N) is 3. The Morgan fingerprint density at radius 2 is 1.74 bits per heavy atom. The molecule has 1 heterocycles. The van der Waals surface area contributed by atoms with Crippen molar-refractivity contribution in [3.63, 3.8) is 0 Å². The van der Waals surface area contributed by atoms with Crippen LogP contribution in [0.15, 0.2) is 0 Å². The fraction of sp³-hybridized carbons (Fsp3) is 0.615. The molecule has 0 atom stereocenters. The molecule has 1 aromatic heterocycles. The van der Waals surface area contributed by atoms with Gasteiger partial charge >= 0.3 is 0 Å². The highest BCUT2D eigenvalue weighted by molar-refractivity contribution is 5.81. The van der Waals surface area contributed by atoms with E-state index < -0.39 is 0 Å². The predicted molar refractivity (Wildman–Crippen MR) is 77.4 cm³/mol. The van der Waals surface area contributed by atoms with E-state index in [2.05, 4.69) is 25.9 Å². The molecule has 0 fully saturated rings. The summed E-state index contributed by atoms with van der Waals surface area (Å²) < 4.78 is 0. The van der Waals surface area contributed by atoms with Crippen LogP contribution in [0.25, 0.3) is 0 Å². The second kappa shape index (κ2) is 6.92. The van der Waals surface area contributed by atoms with Gasteiger partial charge in [0.2, 0.25) is 5.91 Å². The van der Waals surface area contributed by atoms with Crippen LogP contribution >= 0.6 is 0 Å². The van der Waals surface area contributed by atoms with Gasteiger partial charge in [0.05, 0.1) is 6.54 Å². The quantitative estimate of drug-likeness (QED) is 0.726. The maximum Gasteiger partial charge on any atom is 0.239 e. The Morgan fingerprint density at radius 1 is 1.16 bits per heavy atom. The lowest BCUT2D eigenvalue weighted by molar-refractivity contribution is -0.119. The molecular formula is C13H23N5O. The van der Waals surface area contributed by atoms with E-state index in [1.54, 1.807) is 0 Å². The smallest absolute Gasteiger partial charge is 0.239 e. The zero-order valence-corrected chi connectivity index (χ0v) is 12.3. The van der Waals surface area contributed by atoms with Crippen molar-refractivity contribution in [2.75, 3.05) is 23.7 Å². The molecule has 1 amide bonds. The van der Waals surface area contributed by atoms with Gasteiger partial charge in [-0.25, -0.2) is 9.97 Å². The van der Waals surface area contributed by atoms with Gasteiger partial charge in [-0.1, -0.05) is 0 Å². The highest BCUT2D eigenvalue weighted by Crippen LogP contribution is 2.19. The van der Waals surface area contributed by atoms with Crippen LogP contribution in [-0.4, -0.2) is 35.0 Å². The summed E-state index contributed by atoms with van der Waals surface area (Å²) in [4.78, 5) is 20.3. The van der Waals surface area contributed by atoms with Crippen molar-refractivity contribution in [2.24, 2.45) is 0 Å². The minimum absolute atomic E-state index is 0.0457. The monoisotopic (exact) mass is 265 g/mol. The van der Waals surface area contributed by atoms with E-state index in [9.17, 15) is 4.79 Å². The van der Waals surface area contributed by atoms with Crippen LogP contribution in [-0.2, 0) is 4.79 Å². The van der Waals surface area contributed by atoms with Crippen molar-refractivity contribution in [1.29, 1.82) is 0 Å². The highest BCUT2D eigenvalue weighted by atomic mass is 16.1. The lowest BCUT2D eigenvalue weighted by Gasteiger charge is -2.14. The third-order valence-corrected chi connectivity index (χ3v) is 2.47. The molecule has 0 aliphatic carbocycles. The van der Waals surface area contributed by atoms with E-state index >= 15 is 0 Å². The number of hydrogen-bond acceptors (Lipinski definition) is 5. The Labute approximate surface area is 114 Å². The van der Waals surface area contributed by atoms with Gasteiger partial charge in [0.25, 0.3) is 0 Å². The van der Waals surface area contributed by atoms with Gasteiger partial charge in [0.15, 0.2) is 0 Å². The largest absolute Gasteiger partial charge is 0.370 e. The average Bonchev–Trinajstić information content (AvgIpc) is 2.31. The molecule has 0 bridgehead atoms. The van der Waals surface area contributed by atoms with Crippen molar-refractivity contribution in [3.05, 3.63) is 11.4 Å². The highest BCUT2D eigenvalue weighted by Gasteiger charge is 2.10. The number of aromatic nitrogens is 2. The number of aryl methyl sites for hydroxylation is 1. The SMILES string of the molecule is CCNc1nc(C)nc(NCC(=O)NC(C)C)c1C. The van der Waals surface area contributed by atoms with Crippen molar-refractivity contribution in [3.8, 4) is 0 Å². The van der Waals surface area contributed by atoms with E-state index in [1.165, 1.54) is 0 Å². The average molecular weight is 265 g/mol. The molecule has 3 N–H and O–H groups in total. The minimum atomic E-state index is -0.0457. The summed E-state index contributed by atoms with van der Waals surface area (Å²) in [6, 6.07) is 0.139. The molecule has 0 aliphatic rings. The molecule has 19 heavy (non-hydrogen) atoms. The van der Waals surface area contributed by atoms with Crippen LogP contribution in [0.2, 0.25) is 0 Å². The number of nitrogens with zero attached hydrogens (tertiary/aromatic N) is 2. The summed E-state index contributed by atoms with van der Waals surface area (Å²) in [6.45, 7) is 10.6. The van der Waals surface area contributed by atoms with Gasteiger partial charge < -0.3 is 16.0 Å². The van der Waals surface area contributed by atoms with Crippen molar-refractivity contribution in [2.45, 2.75) is 40.7 Å². The maximum atomic E-state index is 11.6. The third kappa shape index (κ3) is 4.73. The van der Waals surface area contributed by atoms with E-state index in [0.29, 0.717) is 11.6 Å². The first-order valence-corrected chi connectivity index (χ1v) is 6.56. The van der Waals surface area contributed by atoms with Crippen LogP contribution in [0.1, 0.15) is 32.2 Å². The van der Waals surface area contributed by atoms with Gasteiger partial charge in [-0.15, -0.1) is 0 Å². The Hall–Kier alpha value is -1.85. The molecule has 0 saturated heterocycles. The van der Waals surface area contributed by atoms with Crippen LogP contribution in [0.3, 0.4) is 0 Å². The molecule has 0 aliphatic heterocycles. The van der Waals surface area contributed by atoms with Crippen LogP contribution in [0.5, 0.6) is 0 Å². The first-order chi connectivity index (χ1) is 8.93. The van der Waals surface area contributed by atoms with E-state index in [0.717, 1.165) is 17.9 Å². The van der Waals surface area contributed by atoms with E-state index in [1.807, 2.05) is 34.6 Å². The third-order valence-electron chi connectivity index (χ3n) is 2.47. The van der Waals surface area contributed by atoms with Gasteiger partial charge in [0, 0.05) is 18.2 Å². The standard InChI is InChI=1S/C13H23N5O/c1-6-14-12-9(4)13(18-10(5)17-12)15-7-11(19)16-8(2)3/h8H,6-7H2,1-5H3,(H,16,19)(H2,14,15,17,18). The Bertz CT molecular complexity index is 445. The van der Waals surface area contributed by atoms with E-state index in [-0.39, 0.29) is 18.5 Å². The number of hydrogen-bond donors (Lipinski definition) is 3. The van der Waals surface area contributed by atoms with Crippen LogP contribution in [0.4, 0.5) is 11.6 Å².